The average molecular weight is 211 g/mol. The fraction of sp³-hybridized carbons (Fsp3) is 1.00. The van der Waals surface area contributed by atoms with Crippen LogP contribution in [0.3, 0.4) is 0 Å². The quantitative estimate of drug-likeness (QED) is 0.720. The van der Waals surface area contributed by atoms with Crippen LogP contribution in [0, 0.1) is 11.8 Å². The van der Waals surface area contributed by atoms with Gasteiger partial charge in [-0.3, -0.25) is 0 Å². The van der Waals surface area contributed by atoms with E-state index in [9.17, 15) is 0 Å². The summed E-state index contributed by atoms with van der Waals surface area (Å²) in [5.41, 5.74) is 0.157. The lowest BCUT2D eigenvalue weighted by molar-refractivity contribution is -0.137. The van der Waals surface area contributed by atoms with Crippen LogP contribution in [0.25, 0.3) is 0 Å². The van der Waals surface area contributed by atoms with Crippen molar-refractivity contribution in [2.24, 2.45) is 11.8 Å². The third-order valence-corrected chi connectivity index (χ3v) is 4.12. The molecule has 3 unspecified atom stereocenters. The van der Waals surface area contributed by atoms with Gasteiger partial charge < -0.3 is 10.1 Å². The van der Waals surface area contributed by atoms with Gasteiger partial charge in [0, 0.05) is 12.6 Å². The lowest BCUT2D eigenvalue weighted by Crippen LogP contribution is -2.60. The Labute approximate surface area is 93.8 Å². The fourth-order valence-corrected chi connectivity index (χ4v) is 3.81. The SMILES string of the molecule is CCC1NCCOC12CC(C)CC(C)C2. The van der Waals surface area contributed by atoms with Crippen molar-refractivity contribution in [3.63, 3.8) is 0 Å². The van der Waals surface area contributed by atoms with E-state index >= 15 is 0 Å². The molecule has 0 amide bonds. The first-order valence-corrected chi connectivity index (χ1v) is 6.53. The molecule has 0 radical (unpaired) electrons. The van der Waals surface area contributed by atoms with Gasteiger partial charge in [-0.05, 0) is 37.5 Å². The maximum atomic E-state index is 6.19. The van der Waals surface area contributed by atoms with E-state index in [0.29, 0.717) is 6.04 Å². The van der Waals surface area contributed by atoms with Crippen molar-refractivity contribution in [2.75, 3.05) is 13.2 Å². The summed E-state index contributed by atoms with van der Waals surface area (Å²) < 4.78 is 6.19. The van der Waals surface area contributed by atoms with Crippen molar-refractivity contribution in [3.8, 4) is 0 Å². The minimum atomic E-state index is 0.157. The van der Waals surface area contributed by atoms with E-state index < -0.39 is 0 Å². The Hall–Kier alpha value is -0.0800. The second-order valence-electron chi connectivity index (χ2n) is 5.68. The van der Waals surface area contributed by atoms with Crippen molar-refractivity contribution in [2.45, 2.75) is 58.1 Å². The van der Waals surface area contributed by atoms with E-state index in [4.69, 9.17) is 4.74 Å². The van der Waals surface area contributed by atoms with Crippen LogP contribution < -0.4 is 5.32 Å². The number of nitrogens with one attached hydrogen (secondary N) is 1. The van der Waals surface area contributed by atoms with Gasteiger partial charge in [-0.25, -0.2) is 0 Å². The van der Waals surface area contributed by atoms with E-state index in [1.54, 1.807) is 0 Å². The van der Waals surface area contributed by atoms with Crippen LogP contribution in [0.4, 0.5) is 0 Å². The molecule has 1 aliphatic heterocycles. The normalized spacial score (nSPS) is 47.0. The van der Waals surface area contributed by atoms with Crippen LogP contribution in [0.1, 0.15) is 46.5 Å². The maximum absolute atomic E-state index is 6.19. The van der Waals surface area contributed by atoms with Crippen LogP contribution >= 0.6 is 0 Å². The topological polar surface area (TPSA) is 21.3 Å². The lowest BCUT2D eigenvalue weighted by Gasteiger charge is -2.50. The number of ether oxygens (including phenoxy) is 1. The zero-order chi connectivity index (χ0) is 10.9. The van der Waals surface area contributed by atoms with E-state index in [1.165, 1.54) is 25.7 Å². The molecule has 3 atom stereocenters. The molecule has 0 aromatic rings. The molecular formula is C13H25NO. The van der Waals surface area contributed by atoms with Gasteiger partial charge in [0.15, 0.2) is 0 Å². The largest absolute Gasteiger partial charge is 0.372 e. The van der Waals surface area contributed by atoms with Gasteiger partial charge in [0.05, 0.1) is 12.2 Å². The summed E-state index contributed by atoms with van der Waals surface area (Å²) >= 11 is 0. The highest BCUT2D eigenvalue weighted by Gasteiger charge is 2.45. The standard InChI is InChI=1S/C13H25NO/c1-4-12-13(15-6-5-14-12)8-10(2)7-11(3)9-13/h10-12,14H,4-9H2,1-3H3. The molecule has 0 aromatic heterocycles. The highest BCUT2D eigenvalue weighted by Crippen LogP contribution is 2.42. The van der Waals surface area contributed by atoms with Gasteiger partial charge in [0.25, 0.3) is 0 Å². The Balaban J connectivity index is 2.13. The Kier molecular flexibility index (Phi) is 3.36. The molecule has 0 bridgehead atoms. The van der Waals surface area contributed by atoms with Gasteiger partial charge in [-0.1, -0.05) is 20.8 Å². The molecular weight excluding hydrogens is 186 g/mol. The van der Waals surface area contributed by atoms with Crippen LogP contribution in [0.15, 0.2) is 0 Å². The van der Waals surface area contributed by atoms with E-state index in [-0.39, 0.29) is 5.60 Å². The summed E-state index contributed by atoms with van der Waals surface area (Å²) in [5.74, 6) is 1.64. The zero-order valence-electron chi connectivity index (χ0n) is 10.4. The number of morpholine rings is 1. The minimum absolute atomic E-state index is 0.157. The number of hydrogen-bond donors (Lipinski definition) is 1. The van der Waals surface area contributed by atoms with Gasteiger partial charge >= 0.3 is 0 Å². The second kappa shape index (κ2) is 4.42. The molecule has 15 heavy (non-hydrogen) atoms. The third-order valence-electron chi connectivity index (χ3n) is 4.12. The molecule has 2 heteroatoms. The van der Waals surface area contributed by atoms with Gasteiger partial charge in [-0.2, -0.15) is 0 Å². The van der Waals surface area contributed by atoms with Crippen molar-refractivity contribution in [1.82, 2.24) is 5.32 Å². The molecule has 1 aliphatic carbocycles. The Morgan fingerprint density at radius 2 is 1.93 bits per heavy atom. The van der Waals surface area contributed by atoms with Gasteiger partial charge in [0.1, 0.15) is 0 Å². The molecule has 2 fully saturated rings. The molecule has 1 saturated heterocycles. The van der Waals surface area contributed by atoms with E-state index in [0.717, 1.165) is 25.0 Å². The highest BCUT2D eigenvalue weighted by molar-refractivity contribution is 4.99. The maximum Gasteiger partial charge on any atom is 0.0840 e. The first-order valence-electron chi connectivity index (χ1n) is 6.53. The molecule has 0 aromatic carbocycles. The monoisotopic (exact) mass is 211 g/mol. The van der Waals surface area contributed by atoms with E-state index in [2.05, 4.69) is 26.1 Å². The average Bonchev–Trinajstić information content (AvgIpc) is 2.16. The Morgan fingerprint density at radius 3 is 2.53 bits per heavy atom. The van der Waals surface area contributed by atoms with Crippen molar-refractivity contribution < 1.29 is 4.74 Å². The first-order chi connectivity index (χ1) is 7.16. The molecule has 1 heterocycles. The molecule has 1 spiro atoms. The summed E-state index contributed by atoms with van der Waals surface area (Å²) in [6, 6.07) is 0.580. The van der Waals surface area contributed by atoms with Crippen LogP contribution in [-0.2, 0) is 4.74 Å². The molecule has 1 saturated carbocycles. The lowest BCUT2D eigenvalue weighted by atomic mass is 9.69. The molecule has 2 nitrogen and oxygen atoms in total. The zero-order valence-corrected chi connectivity index (χ0v) is 10.4. The molecule has 88 valence electrons. The number of rotatable bonds is 1. The highest BCUT2D eigenvalue weighted by atomic mass is 16.5. The van der Waals surface area contributed by atoms with Crippen molar-refractivity contribution in [3.05, 3.63) is 0 Å². The van der Waals surface area contributed by atoms with Crippen LogP contribution in [0.5, 0.6) is 0 Å². The summed E-state index contributed by atoms with van der Waals surface area (Å²) in [6.07, 6.45) is 5.08. The van der Waals surface area contributed by atoms with Crippen molar-refractivity contribution in [1.29, 1.82) is 0 Å². The van der Waals surface area contributed by atoms with Crippen molar-refractivity contribution >= 4 is 0 Å². The minimum Gasteiger partial charge on any atom is -0.372 e. The summed E-state index contributed by atoms with van der Waals surface area (Å²) in [7, 11) is 0. The Bertz CT molecular complexity index is 207. The van der Waals surface area contributed by atoms with E-state index in [1.807, 2.05) is 0 Å². The smallest absolute Gasteiger partial charge is 0.0840 e. The van der Waals surface area contributed by atoms with Gasteiger partial charge in [-0.15, -0.1) is 0 Å². The Morgan fingerprint density at radius 1 is 1.27 bits per heavy atom. The predicted molar refractivity (Wildman–Crippen MR) is 62.9 cm³/mol. The summed E-state index contributed by atoms with van der Waals surface area (Å²) in [6.45, 7) is 8.96. The first kappa shape index (κ1) is 11.4. The molecule has 1 N–H and O–H groups in total. The summed E-state index contributed by atoms with van der Waals surface area (Å²) in [5, 5.41) is 3.65. The van der Waals surface area contributed by atoms with Crippen LogP contribution in [-0.4, -0.2) is 24.8 Å². The van der Waals surface area contributed by atoms with Crippen LogP contribution in [0.2, 0.25) is 0 Å². The number of hydrogen-bond acceptors (Lipinski definition) is 2. The molecule has 2 rings (SSSR count). The predicted octanol–water partition coefficient (Wildman–Crippen LogP) is 2.58. The summed E-state index contributed by atoms with van der Waals surface area (Å²) in [4.78, 5) is 0. The third kappa shape index (κ3) is 2.21. The van der Waals surface area contributed by atoms with Gasteiger partial charge in [0.2, 0.25) is 0 Å². The second-order valence-corrected chi connectivity index (χ2v) is 5.68. The fourth-order valence-electron chi connectivity index (χ4n) is 3.81. The molecule has 2 aliphatic rings.